The largest absolute Gasteiger partial charge is 0.493 e. The molecule has 0 saturated carbocycles. The molecule has 1 amide bonds. The van der Waals surface area contributed by atoms with Gasteiger partial charge in [-0.15, -0.1) is 11.3 Å². The van der Waals surface area contributed by atoms with Crippen molar-refractivity contribution in [2.75, 3.05) is 12.9 Å². The second-order valence-electron chi connectivity index (χ2n) is 7.38. The third kappa shape index (κ3) is 7.07. The highest BCUT2D eigenvalue weighted by Gasteiger charge is 2.09. The van der Waals surface area contributed by atoms with Gasteiger partial charge >= 0.3 is 0 Å². The van der Waals surface area contributed by atoms with Crippen LogP contribution in [0.2, 0.25) is 5.02 Å². The third-order valence-electron chi connectivity index (χ3n) is 4.88. The number of hydrazone groups is 1. The minimum absolute atomic E-state index is 0.0739. The number of nitrogens with one attached hydrogen (secondary N) is 1. The Labute approximate surface area is 221 Å². The van der Waals surface area contributed by atoms with E-state index in [9.17, 15) is 9.18 Å². The predicted molar refractivity (Wildman–Crippen MR) is 143 cm³/mol. The van der Waals surface area contributed by atoms with Gasteiger partial charge in [0.15, 0.2) is 15.8 Å². The molecule has 0 saturated heterocycles. The number of hydrogen-bond acceptors (Lipinski definition) is 7. The Morgan fingerprint density at radius 2 is 1.97 bits per heavy atom. The number of aromatic nitrogens is 1. The molecule has 0 spiro atoms. The van der Waals surface area contributed by atoms with Crippen molar-refractivity contribution in [2.45, 2.75) is 10.9 Å². The number of thioether (sulfide) groups is 1. The van der Waals surface area contributed by atoms with Crippen LogP contribution in [0.4, 0.5) is 4.39 Å². The van der Waals surface area contributed by atoms with E-state index in [-0.39, 0.29) is 24.1 Å². The van der Waals surface area contributed by atoms with Gasteiger partial charge in [-0.1, -0.05) is 53.7 Å². The molecule has 0 aliphatic rings. The number of methoxy groups -OCH3 is 1. The number of nitrogens with zero attached hydrogens (tertiary/aromatic N) is 2. The van der Waals surface area contributed by atoms with Gasteiger partial charge in [-0.3, -0.25) is 4.79 Å². The number of halogens is 2. The van der Waals surface area contributed by atoms with Gasteiger partial charge in [0.1, 0.15) is 12.4 Å². The van der Waals surface area contributed by atoms with Crippen LogP contribution in [-0.4, -0.2) is 30.0 Å². The lowest BCUT2D eigenvalue weighted by Gasteiger charge is -2.11. The van der Waals surface area contributed by atoms with E-state index >= 15 is 0 Å². The van der Waals surface area contributed by atoms with Crippen LogP contribution < -0.4 is 14.9 Å². The summed E-state index contributed by atoms with van der Waals surface area (Å²) in [4.78, 5) is 16.7. The Bertz CT molecular complexity index is 1360. The summed E-state index contributed by atoms with van der Waals surface area (Å²) >= 11 is 8.74. The minimum Gasteiger partial charge on any atom is -0.493 e. The third-order valence-corrected chi connectivity index (χ3v) is 7.15. The Hall–Kier alpha value is -3.40. The van der Waals surface area contributed by atoms with Gasteiger partial charge in [-0.05, 0) is 42.0 Å². The van der Waals surface area contributed by atoms with Crippen molar-refractivity contribution in [1.82, 2.24) is 10.4 Å². The van der Waals surface area contributed by atoms with Crippen molar-refractivity contribution in [1.29, 1.82) is 0 Å². The number of thiazole rings is 1. The van der Waals surface area contributed by atoms with Crippen molar-refractivity contribution < 1.29 is 18.7 Å². The van der Waals surface area contributed by atoms with Crippen LogP contribution in [0, 0.1) is 5.82 Å². The average Bonchev–Trinajstić information content (AvgIpc) is 3.37. The van der Waals surface area contributed by atoms with Gasteiger partial charge in [-0.25, -0.2) is 14.8 Å². The summed E-state index contributed by atoms with van der Waals surface area (Å²) < 4.78 is 25.7. The van der Waals surface area contributed by atoms with Gasteiger partial charge in [0.2, 0.25) is 0 Å². The summed E-state index contributed by atoms with van der Waals surface area (Å²) in [6, 6.07) is 19.1. The molecule has 1 aromatic heterocycles. The number of carbonyl (C=O) groups is 1. The normalized spacial score (nSPS) is 11.0. The standard InChI is InChI=1S/C26H21ClFN3O3S2/c1-33-24-12-17(6-11-23(24)34-14-19-4-2-3-5-21(19)28)13-29-31-25(32)16-36-26-30-22(15-35-26)18-7-9-20(27)10-8-18/h2-13,15H,14,16H2,1H3,(H,31,32)/b29-13+. The lowest BCUT2D eigenvalue weighted by atomic mass is 10.2. The summed E-state index contributed by atoms with van der Waals surface area (Å²) in [7, 11) is 1.52. The van der Waals surface area contributed by atoms with E-state index in [4.69, 9.17) is 21.1 Å². The van der Waals surface area contributed by atoms with E-state index < -0.39 is 0 Å². The number of ether oxygens (including phenoxy) is 2. The number of amides is 1. The molecule has 0 aliphatic carbocycles. The zero-order valence-corrected chi connectivity index (χ0v) is 21.5. The number of rotatable bonds is 10. The summed E-state index contributed by atoms with van der Waals surface area (Å²) in [5.74, 6) is 0.538. The first kappa shape index (κ1) is 25.7. The van der Waals surface area contributed by atoms with Gasteiger partial charge in [0, 0.05) is 21.5 Å². The molecule has 4 aromatic rings. The number of carbonyl (C=O) groups excluding carboxylic acids is 1. The molecule has 1 N–H and O–H groups in total. The van der Waals surface area contributed by atoms with Crippen molar-refractivity contribution in [3.05, 3.63) is 94.1 Å². The summed E-state index contributed by atoms with van der Waals surface area (Å²) in [6.45, 7) is 0.0739. The van der Waals surface area contributed by atoms with Crippen LogP contribution in [0.3, 0.4) is 0 Å². The zero-order chi connectivity index (χ0) is 25.3. The van der Waals surface area contributed by atoms with Crippen molar-refractivity contribution in [2.24, 2.45) is 5.10 Å². The highest BCUT2D eigenvalue weighted by molar-refractivity contribution is 8.01. The van der Waals surface area contributed by atoms with Crippen LogP contribution >= 0.6 is 34.7 Å². The molecule has 0 fully saturated rings. The van der Waals surface area contributed by atoms with E-state index in [1.54, 1.807) is 36.4 Å². The topological polar surface area (TPSA) is 72.8 Å². The molecule has 0 unspecified atom stereocenters. The molecule has 4 rings (SSSR count). The first-order valence-electron chi connectivity index (χ1n) is 10.7. The van der Waals surface area contributed by atoms with Gasteiger partial charge in [0.05, 0.1) is 24.8 Å². The van der Waals surface area contributed by atoms with Crippen molar-refractivity contribution in [3.8, 4) is 22.8 Å². The molecule has 3 aromatic carbocycles. The molecule has 0 atom stereocenters. The molecular weight excluding hydrogens is 521 g/mol. The fourth-order valence-electron chi connectivity index (χ4n) is 3.07. The van der Waals surface area contributed by atoms with Crippen molar-refractivity contribution in [3.63, 3.8) is 0 Å². The minimum atomic E-state index is -0.328. The molecule has 184 valence electrons. The first-order chi connectivity index (χ1) is 17.5. The molecule has 1 heterocycles. The van der Waals surface area contributed by atoms with Crippen LogP contribution in [0.15, 0.2) is 81.6 Å². The lowest BCUT2D eigenvalue weighted by Crippen LogP contribution is -2.19. The van der Waals surface area contributed by atoms with E-state index in [1.165, 1.54) is 42.5 Å². The van der Waals surface area contributed by atoms with Crippen LogP contribution in [0.5, 0.6) is 11.5 Å². The van der Waals surface area contributed by atoms with E-state index in [0.717, 1.165) is 15.6 Å². The van der Waals surface area contributed by atoms with E-state index in [0.29, 0.717) is 27.6 Å². The molecular formula is C26H21ClFN3O3S2. The Balaban J connectivity index is 1.27. The molecule has 10 heteroatoms. The highest BCUT2D eigenvalue weighted by Crippen LogP contribution is 2.30. The second-order valence-corrected chi connectivity index (χ2v) is 9.89. The lowest BCUT2D eigenvalue weighted by molar-refractivity contribution is -0.118. The highest BCUT2D eigenvalue weighted by atomic mass is 35.5. The van der Waals surface area contributed by atoms with Crippen LogP contribution in [0.25, 0.3) is 11.3 Å². The SMILES string of the molecule is COc1cc(/C=N/NC(=O)CSc2nc(-c3ccc(Cl)cc3)cs2)ccc1OCc1ccccc1F. The first-order valence-corrected chi connectivity index (χ1v) is 13.0. The van der Waals surface area contributed by atoms with Gasteiger partial charge in [-0.2, -0.15) is 5.10 Å². The molecule has 0 radical (unpaired) electrons. The monoisotopic (exact) mass is 541 g/mol. The van der Waals surface area contributed by atoms with Gasteiger partial charge in [0.25, 0.3) is 5.91 Å². The maximum atomic E-state index is 13.8. The van der Waals surface area contributed by atoms with Crippen LogP contribution in [-0.2, 0) is 11.4 Å². The number of hydrogen-bond donors (Lipinski definition) is 1. The molecule has 36 heavy (non-hydrogen) atoms. The molecule has 0 aliphatic heterocycles. The Morgan fingerprint density at radius 3 is 2.75 bits per heavy atom. The van der Waals surface area contributed by atoms with E-state index in [2.05, 4.69) is 15.5 Å². The predicted octanol–water partition coefficient (Wildman–Crippen LogP) is 6.43. The van der Waals surface area contributed by atoms with E-state index in [1.807, 2.05) is 29.6 Å². The summed E-state index contributed by atoms with van der Waals surface area (Å²) in [5, 5.41) is 6.62. The fraction of sp³-hybridized carbons (Fsp3) is 0.115. The molecule has 6 nitrogen and oxygen atoms in total. The summed E-state index contributed by atoms with van der Waals surface area (Å²) in [5.41, 5.74) is 5.47. The zero-order valence-electron chi connectivity index (χ0n) is 19.1. The van der Waals surface area contributed by atoms with Crippen molar-refractivity contribution >= 4 is 46.8 Å². The van der Waals surface area contributed by atoms with Crippen LogP contribution in [0.1, 0.15) is 11.1 Å². The van der Waals surface area contributed by atoms with Gasteiger partial charge < -0.3 is 9.47 Å². The molecule has 0 bridgehead atoms. The fourth-order valence-corrected chi connectivity index (χ4v) is 4.82. The Kier molecular flexibility index (Phi) is 8.94. The summed E-state index contributed by atoms with van der Waals surface area (Å²) in [6.07, 6.45) is 1.51. The maximum Gasteiger partial charge on any atom is 0.250 e. The quantitative estimate of drug-likeness (QED) is 0.142. The maximum absolute atomic E-state index is 13.8. The number of benzene rings is 3. The second kappa shape index (κ2) is 12.5. The smallest absolute Gasteiger partial charge is 0.250 e. The average molecular weight is 542 g/mol. The Morgan fingerprint density at radius 1 is 1.17 bits per heavy atom.